The summed E-state index contributed by atoms with van der Waals surface area (Å²) in [5.74, 6) is 1.19. The summed E-state index contributed by atoms with van der Waals surface area (Å²) in [4.78, 5) is 13.2. The molecular formula is C26H36N6O5S. The molecular weight excluding hydrogens is 508 g/mol. The van der Waals surface area contributed by atoms with Crippen molar-refractivity contribution in [1.29, 1.82) is 0 Å². The predicted octanol–water partition coefficient (Wildman–Crippen LogP) is 3.66. The Balaban J connectivity index is 1.71. The van der Waals surface area contributed by atoms with E-state index in [1.165, 1.54) is 0 Å². The highest BCUT2D eigenvalue weighted by molar-refractivity contribution is 7.91. The van der Waals surface area contributed by atoms with E-state index >= 15 is 0 Å². The minimum Gasteiger partial charge on any atom is -0.481 e. The lowest BCUT2D eigenvalue weighted by Crippen LogP contribution is -2.32. The Kier molecular flexibility index (Phi) is 8.74. The molecule has 0 N–H and O–H groups in total. The Hall–Kier alpha value is -2.96. The molecule has 0 saturated carbocycles. The van der Waals surface area contributed by atoms with Crippen LogP contribution in [0.5, 0.6) is 5.88 Å². The first-order valence-corrected chi connectivity index (χ1v) is 14.5. The third-order valence-corrected chi connectivity index (χ3v) is 8.68. The quantitative estimate of drug-likeness (QED) is 0.352. The summed E-state index contributed by atoms with van der Waals surface area (Å²) in [7, 11) is -2.25. The van der Waals surface area contributed by atoms with Gasteiger partial charge in [0.15, 0.2) is 21.5 Å². The van der Waals surface area contributed by atoms with Crippen molar-refractivity contribution in [2.45, 2.75) is 82.8 Å². The Labute approximate surface area is 223 Å². The van der Waals surface area contributed by atoms with Crippen molar-refractivity contribution >= 4 is 9.84 Å². The number of ether oxygens (including phenoxy) is 3. The van der Waals surface area contributed by atoms with Crippen LogP contribution in [0.25, 0.3) is 11.5 Å². The molecule has 1 aliphatic heterocycles. The minimum absolute atomic E-state index is 0.0905. The van der Waals surface area contributed by atoms with Gasteiger partial charge in [0.25, 0.3) is 0 Å². The Morgan fingerprint density at radius 3 is 2.50 bits per heavy atom. The number of rotatable bonds is 11. The van der Waals surface area contributed by atoms with E-state index in [9.17, 15) is 8.42 Å². The second-order valence-electron chi connectivity index (χ2n) is 9.90. The third kappa shape index (κ3) is 6.19. The van der Waals surface area contributed by atoms with Gasteiger partial charge in [-0.2, -0.15) is 0 Å². The summed E-state index contributed by atoms with van der Waals surface area (Å²) < 4.78 is 46.7. The number of aryl methyl sites for hydroxylation is 1. The molecule has 0 aromatic carbocycles. The molecule has 1 aliphatic rings. The molecule has 11 nitrogen and oxygen atoms in total. The minimum atomic E-state index is -3.79. The summed E-state index contributed by atoms with van der Waals surface area (Å²) in [5.41, 5.74) is 1.41. The van der Waals surface area contributed by atoms with Gasteiger partial charge in [0, 0.05) is 25.1 Å². The predicted molar refractivity (Wildman–Crippen MR) is 141 cm³/mol. The van der Waals surface area contributed by atoms with Gasteiger partial charge >= 0.3 is 0 Å². The maximum atomic E-state index is 13.8. The fourth-order valence-corrected chi connectivity index (χ4v) is 5.93. The van der Waals surface area contributed by atoms with Crippen LogP contribution in [-0.2, 0) is 25.1 Å². The van der Waals surface area contributed by atoms with E-state index in [1.807, 2.05) is 38.3 Å². The van der Waals surface area contributed by atoms with Crippen LogP contribution in [0.1, 0.15) is 69.9 Å². The number of nitrogens with zero attached hydrogens (tertiary/aromatic N) is 6. The molecule has 3 aromatic heterocycles. The number of methoxy groups -OCH3 is 1. The number of pyridine rings is 1. The zero-order chi connectivity index (χ0) is 27.4. The van der Waals surface area contributed by atoms with Gasteiger partial charge in [0.1, 0.15) is 23.4 Å². The average Bonchev–Trinajstić information content (AvgIpc) is 3.57. The fourth-order valence-electron chi connectivity index (χ4n) is 4.55. The van der Waals surface area contributed by atoms with Crippen LogP contribution < -0.4 is 4.74 Å². The average molecular weight is 545 g/mol. The van der Waals surface area contributed by atoms with Crippen molar-refractivity contribution in [2.75, 3.05) is 13.7 Å². The van der Waals surface area contributed by atoms with Crippen LogP contribution in [-0.4, -0.2) is 69.3 Å². The Bertz CT molecular complexity index is 1320. The molecule has 4 atom stereocenters. The zero-order valence-electron chi connectivity index (χ0n) is 22.7. The van der Waals surface area contributed by atoms with Crippen molar-refractivity contribution in [3.8, 4) is 17.4 Å². The summed E-state index contributed by atoms with van der Waals surface area (Å²) in [6.45, 7) is 9.87. The van der Waals surface area contributed by atoms with Gasteiger partial charge in [-0.3, -0.25) is 0 Å². The van der Waals surface area contributed by atoms with Gasteiger partial charge < -0.3 is 18.8 Å². The molecule has 0 radical (unpaired) electrons. The van der Waals surface area contributed by atoms with Gasteiger partial charge in [-0.05, 0) is 59.1 Å². The van der Waals surface area contributed by atoms with Crippen molar-refractivity contribution in [3.05, 3.63) is 47.8 Å². The summed E-state index contributed by atoms with van der Waals surface area (Å²) in [6.07, 6.45) is 3.97. The normalized spacial score (nSPS) is 18.4. The second kappa shape index (κ2) is 11.8. The van der Waals surface area contributed by atoms with E-state index < -0.39 is 21.2 Å². The molecule has 0 spiro atoms. The molecule has 38 heavy (non-hydrogen) atoms. The van der Waals surface area contributed by atoms with Crippen LogP contribution >= 0.6 is 0 Å². The van der Waals surface area contributed by atoms with Gasteiger partial charge in [-0.15, -0.1) is 10.2 Å². The van der Waals surface area contributed by atoms with Crippen LogP contribution in [0.15, 0.2) is 30.6 Å². The topological polar surface area (TPSA) is 131 Å². The highest BCUT2D eigenvalue weighted by atomic mass is 32.2. The van der Waals surface area contributed by atoms with Crippen molar-refractivity contribution < 1.29 is 22.6 Å². The molecule has 1 saturated heterocycles. The highest BCUT2D eigenvalue weighted by Gasteiger charge is 2.37. The van der Waals surface area contributed by atoms with E-state index in [-0.39, 0.29) is 24.0 Å². The van der Waals surface area contributed by atoms with Gasteiger partial charge in [-0.1, -0.05) is 6.07 Å². The van der Waals surface area contributed by atoms with E-state index in [1.54, 1.807) is 38.6 Å². The fraction of sp³-hybridized carbons (Fsp3) is 0.577. The largest absolute Gasteiger partial charge is 0.481 e. The van der Waals surface area contributed by atoms with E-state index in [2.05, 4.69) is 25.1 Å². The first-order chi connectivity index (χ1) is 18.1. The first kappa shape index (κ1) is 28.1. The second-order valence-corrected chi connectivity index (χ2v) is 12.3. The molecule has 12 heteroatoms. The lowest BCUT2D eigenvalue weighted by molar-refractivity contribution is 0.00140. The maximum absolute atomic E-state index is 13.8. The summed E-state index contributed by atoms with van der Waals surface area (Å²) >= 11 is 0. The van der Waals surface area contributed by atoms with Gasteiger partial charge in [0.05, 0.1) is 30.6 Å². The summed E-state index contributed by atoms with van der Waals surface area (Å²) in [6, 6.07) is 5.14. The molecule has 4 rings (SSSR count). The smallest absolute Gasteiger partial charge is 0.213 e. The van der Waals surface area contributed by atoms with Gasteiger partial charge in [0.2, 0.25) is 5.88 Å². The third-order valence-electron chi connectivity index (χ3n) is 6.64. The molecule has 0 aliphatic carbocycles. The highest BCUT2D eigenvalue weighted by Crippen LogP contribution is 2.32. The number of sulfone groups is 1. The van der Waals surface area contributed by atoms with Crippen molar-refractivity contribution in [2.24, 2.45) is 0 Å². The Morgan fingerprint density at radius 2 is 1.87 bits per heavy atom. The molecule has 3 aromatic rings. The van der Waals surface area contributed by atoms with Crippen LogP contribution in [0, 0.1) is 6.92 Å². The molecule has 1 fully saturated rings. The maximum Gasteiger partial charge on any atom is 0.213 e. The number of hydrogen-bond acceptors (Lipinski definition) is 10. The molecule has 0 bridgehead atoms. The Morgan fingerprint density at radius 1 is 1.13 bits per heavy atom. The van der Waals surface area contributed by atoms with Crippen LogP contribution in [0.2, 0.25) is 0 Å². The van der Waals surface area contributed by atoms with Crippen molar-refractivity contribution in [3.63, 3.8) is 0 Å². The number of hydrogen-bond donors (Lipinski definition) is 0. The standard InChI is InChI=1S/C26H36N6O5S/c1-16(2)37-24(25-27-13-17(3)14-28-25)19(5)38(33,34)15-22-30-31-26(20-9-7-11-23(29-20)35-6)32(22)18(4)21-10-8-12-36-21/h7,9,11,13-14,16,18-19,21,24H,8,10,12,15H2,1-6H3/t18-,19-,21+,24+/m0/s1. The first-order valence-electron chi connectivity index (χ1n) is 12.8. The lowest BCUT2D eigenvalue weighted by Gasteiger charge is -2.26. The van der Waals surface area contributed by atoms with Crippen LogP contribution in [0.4, 0.5) is 0 Å². The zero-order valence-corrected chi connectivity index (χ0v) is 23.6. The molecule has 0 unspecified atom stereocenters. The van der Waals surface area contributed by atoms with E-state index in [0.717, 1.165) is 18.4 Å². The SMILES string of the molecule is COc1cccc(-c2nnc(CS(=O)(=O)[C@@H](C)[C@@H](OC(C)C)c3ncc(C)cn3)n2[C@@H](C)[C@H]2CCCO2)n1. The van der Waals surface area contributed by atoms with Gasteiger partial charge in [-0.25, -0.2) is 23.4 Å². The number of aromatic nitrogens is 6. The lowest BCUT2D eigenvalue weighted by atomic mass is 10.1. The molecule has 0 amide bonds. The van der Waals surface area contributed by atoms with E-state index in [4.69, 9.17) is 14.2 Å². The van der Waals surface area contributed by atoms with Crippen LogP contribution in [0.3, 0.4) is 0 Å². The van der Waals surface area contributed by atoms with E-state index in [0.29, 0.717) is 35.7 Å². The summed E-state index contributed by atoms with van der Waals surface area (Å²) in [5, 5.41) is 7.78. The molecule has 206 valence electrons. The van der Waals surface area contributed by atoms with Crippen molar-refractivity contribution in [1.82, 2.24) is 29.7 Å². The molecule has 4 heterocycles. The monoisotopic (exact) mass is 544 g/mol.